The van der Waals surface area contributed by atoms with Crippen LogP contribution in [0.2, 0.25) is 0 Å². The maximum absolute atomic E-state index is 8.89. The van der Waals surface area contributed by atoms with Gasteiger partial charge in [-0.05, 0) is 6.92 Å². The van der Waals surface area contributed by atoms with E-state index in [4.69, 9.17) is 32.8 Å². The lowest BCUT2D eigenvalue weighted by molar-refractivity contribution is -0.471. The highest BCUT2D eigenvalue weighted by Gasteiger charge is 1.72. The number of guanidine groups is 2. The highest BCUT2D eigenvalue weighted by atomic mass is 35.5. The Morgan fingerprint density at radius 1 is 1.00 bits per heavy atom. The van der Waals surface area contributed by atoms with Crippen molar-refractivity contribution in [2.75, 3.05) is 0 Å². The second-order valence-electron chi connectivity index (χ2n) is 1.69. The molecule has 14 N–H and O–H groups in total. The molecule has 0 atom stereocenters. The molecule has 10 nitrogen and oxygen atoms in total. The number of hydrazine groups is 2. The van der Waals surface area contributed by atoms with Gasteiger partial charge in [-0.15, -0.1) is 0 Å². The van der Waals surface area contributed by atoms with Crippen LogP contribution < -0.4 is 62.3 Å². The summed E-state index contributed by atoms with van der Waals surface area (Å²) in [7, 11) is 0. The van der Waals surface area contributed by atoms with Gasteiger partial charge in [0, 0.05) is 5.97 Å². The highest BCUT2D eigenvalue weighted by Crippen LogP contribution is 1.31. The van der Waals surface area contributed by atoms with E-state index >= 15 is 0 Å². The number of hydrogen-bond acceptors (Lipinski definition) is 4. The summed E-state index contributed by atoms with van der Waals surface area (Å²) in [5.74, 6) is 8.25. The molecule has 0 aliphatic carbocycles. The molecule has 0 aliphatic rings. The van der Waals surface area contributed by atoms with Crippen molar-refractivity contribution in [1.82, 2.24) is 0 Å². The summed E-state index contributed by atoms with van der Waals surface area (Å²) in [5.41, 5.74) is 19.0. The summed E-state index contributed by atoms with van der Waals surface area (Å²) in [6.45, 7) is 0.972. The fraction of sp³-hybridized carbons (Fsp3) is 0.250. The first kappa shape index (κ1) is 23.1. The van der Waals surface area contributed by atoms with Gasteiger partial charge in [-0.1, -0.05) is 0 Å². The van der Waals surface area contributed by atoms with Crippen LogP contribution in [0, 0.1) is 0 Å². The second-order valence-corrected chi connectivity index (χ2v) is 1.69. The molecule has 15 heavy (non-hydrogen) atoms. The number of carbonyl (C=O) groups is 1. The Hall–Kier alpha value is -2.10. The standard InChI is InChI=1S/C2H4O2.2CH6N4.ClH/c1-2(3)4;2*2-1(3)5-4;/h1H3,(H,3,4);2*4H2,(H4,2,3,5);1H. The Bertz CT molecular complexity index is 177. The number of aliphatic carboxylic acids is 1. The van der Waals surface area contributed by atoms with Crippen LogP contribution in [0.4, 0.5) is 0 Å². The van der Waals surface area contributed by atoms with E-state index in [0.717, 1.165) is 6.92 Å². The Labute approximate surface area is 92.7 Å². The molecule has 0 aliphatic heterocycles. The number of carboxylic acids is 1. The summed E-state index contributed by atoms with van der Waals surface area (Å²) >= 11 is 0. The summed E-state index contributed by atoms with van der Waals surface area (Å²) < 4.78 is 0. The van der Waals surface area contributed by atoms with Crippen molar-refractivity contribution < 1.29 is 32.5 Å². The molecular formula is C4H17ClN8O2. The lowest BCUT2D eigenvalue weighted by Gasteiger charge is -1.77. The van der Waals surface area contributed by atoms with Gasteiger partial charge in [0.15, 0.2) is 0 Å². The molecule has 0 aromatic rings. The molecule has 0 unspecified atom stereocenters. The number of nitrogens with two attached hydrogens (primary N) is 6. The predicted molar refractivity (Wildman–Crippen MR) is 47.7 cm³/mol. The molecule has 0 aromatic carbocycles. The number of rotatable bonds is 0. The first-order valence-corrected chi connectivity index (χ1v) is 3.14. The Morgan fingerprint density at radius 3 is 1.07 bits per heavy atom. The van der Waals surface area contributed by atoms with Crippen LogP contribution >= 0.6 is 0 Å². The maximum atomic E-state index is 8.89. The lowest BCUT2D eigenvalue weighted by Crippen LogP contribution is -3.00. The predicted octanol–water partition coefficient (Wildman–Crippen LogP) is -11.8. The van der Waals surface area contributed by atoms with Crippen molar-refractivity contribution in [2.45, 2.75) is 6.92 Å². The largest absolute Gasteiger partial charge is 1.00 e. The average molecular weight is 245 g/mol. The fourth-order valence-electron chi connectivity index (χ4n) is 0. The van der Waals surface area contributed by atoms with E-state index < -0.39 is 5.97 Å². The van der Waals surface area contributed by atoms with Gasteiger partial charge < -0.3 is 22.3 Å². The van der Waals surface area contributed by atoms with E-state index in [9.17, 15) is 0 Å². The zero-order valence-electron chi connectivity index (χ0n) is 8.16. The molecule has 11 heteroatoms. The molecule has 92 valence electrons. The van der Waals surface area contributed by atoms with Crippen molar-refractivity contribution in [2.24, 2.45) is 34.6 Å². The van der Waals surface area contributed by atoms with Crippen molar-refractivity contribution in [3.63, 3.8) is 0 Å². The summed E-state index contributed by atoms with van der Waals surface area (Å²) in [4.78, 5) is 8.89. The molecule has 0 spiro atoms. The van der Waals surface area contributed by atoms with Crippen molar-refractivity contribution >= 4 is 17.9 Å². The van der Waals surface area contributed by atoms with Crippen LogP contribution in [0.1, 0.15) is 6.92 Å². The van der Waals surface area contributed by atoms with E-state index in [0.29, 0.717) is 0 Å². The van der Waals surface area contributed by atoms with Gasteiger partial charge in [0.2, 0.25) is 0 Å². The van der Waals surface area contributed by atoms with Crippen LogP contribution in [0.25, 0.3) is 0 Å². The van der Waals surface area contributed by atoms with E-state index in [1.807, 2.05) is 10.2 Å². The van der Waals surface area contributed by atoms with Gasteiger partial charge in [0.05, 0.1) is 0 Å². The molecule has 0 fully saturated rings. The topological polar surface area (TPSA) is 224 Å². The SMILES string of the molecule is CC(=O)[O-].N[NH+]=C(N)N.N[NH+]=C(N)N.[Cl-]. The minimum Gasteiger partial charge on any atom is -1.00 e. The number of hydrazone groups is 2. The summed E-state index contributed by atoms with van der Waals surface area (Å²) in [6, 6.07) is 0. The third-order valence-electron chi connectivity index (χ3n) is 0.333. The van der Waals surface area contributed by atoms with Crippen molar-refractivity contribution in [3.05, 3.63) is 0 Å². The average Bonchev–Trinajstić information content (AvgIpc) is 2.04. The Morgan fingerprint density at radius 2 is 1.07 bits per heavy atom. The lowest BCUT2D eigenvalue weighted by atomic mass is 10.9. The monoisotopic (exact) mass is 244 g/mol. The van der Waals surface area contributed by atoms with E-state index in [2.05, 4.69) is 11.7 Å². The highest BCUT2D eigenvalue weighted by molar-refractivity contribution is 5.69. The molecular weight excluding hydrogens is 228 g/mol. The summed E-state index contributed by atoms with van der Waals surface area (Å²) in [5, 5.41) is 12.9. The minimum absolute atomic E-state index is 0. The molecule has 0 aromatic heterocycles. The van der Waals surface area contributed by atoms with Crippen LogP contribution in [-0.4, -0.2) is 17.9 Å². The van der Waals surface area contributed by atoms with Crippen molar-refractivity contribution in [3.8, 4) is 0 Å². The molecule has 0 bridgehead atoms. The quantitative estimate of drug-likeness (QED) is 0.0881. The second kappa shape index (κ2) is 17.8. The number of carboxylic acid groups (broad SMARTS) is 1. The molecule has 0 rings (SSSR count). The fourth-order valence-corrected chi connectivity index (χ4v) is 0. The number of hydrogen-bond donors (Lipinski definition) is 8. The van der Waals surface area contributed by atoms with Gasteiger partial charge >= 0.3 is 11.9 Å². The van der Waals surface area contributed by atoms with Crippen LogP contribution in [-0.2, 0) is 4.79 Å². The third-order valence-corrected chi connectivity index (χ3v) is 0.333. The van der Waals surface area contributed by atoms with E-state index in [1.54, 1.807) is 0 Å². The molecule has 0 radical (unpaired) electrons. The zero-order chi connectivity index (χ0) is 12.1. The van der Waals surface area contributed by atoms with Gasteiger partial charge in [-0.2, -0.15) is 10.2 Å². The molecule has 0 amide bonds. The third kappa shape index (κ3) is 323. The van der Waals surface area contributed by atoms with Gasteiger partial charge in [-0.3, -0.25) is 34.6 Å². The first-order valence-electron chi connectivity index (χ1n) is 3.14. The Balaban J connectivity index is -0.0000000590. The molecule has 0 saturated carbocycles. The van der Waals surface area contributed by atoms with Crippen LogP contribution in [0.5, 0.6) is 0 Å². The summed E-state index contributed by atoms with van der Waals surface area (Å²) in [6.07, 6.45) is 0. The normalized spacial score (nSPS) is 5.93. The van der Waals surface area contributed by atoms with Gasteiger partial charge in [0.1, 0.15) is 0 Å². The molecule has 0 heterocycles. The van der Waals surface area contributed by atoms with Crippen LogP contribution in [0.15, 0.2) is 0 Å². The van der Waals surface area contributed by atoms with Crippen LogP contribution in [0.3, 0.4) is 0 Å². The van der Waals surface area contributed by atoms with E-state index in [-0.39, 0.29) is 24.3 Å². The number of halogens is 1. The van der Waals surface area contributed by atoms with E-state index in [1.165, 1.54) is 0 Å². The smallest absolute Gasteiger partial charge is 0.360 e. The first-order chi connectivity index (χ1) is 6.27. The zero-order valence-corrected chi connectivity index (χ0v) is 8.91. The van der Waals surface area contributed by atoms with Crippen molar-refractivity contribution in [1.29, 1.82) is 0 Å². The number of carbonyl (C=O) groups excluding carboxylic acids is 1. The number of nitrogens with one attached hydrogen (secondary N) is 2. The minimum atomic E-state index is -1.08. The van der Waals surface area contributed by atoms with Gasteiger partial charge in [-0.25, -0.2) is 0 Å². The maximum Gasteiger partial charge on any atom is 0.360 e. The molecule has 0 saturated heterocycles. The van der Waals surface area contributed by atoms with Gasteiger partial charge in [0.25, 0.3) is 0 Å². The Kier molecular flexibility index (Phi) is 27.4.